The summed E-state index contributed by atoms with van der Waals surface area (Å²) in [6.45, 7) is 12.8. The Morgan fingerprint density at radius 2 is 1.90 bits per heavy atom. The Morgan fingerprint density at radius 3 is 2.63 bits per heavy atom. The summed E-state index contributed by atoms with van der Waals surface area (Å²) < 4.78 is 27.0. The molecule has 0 aliphatic carbocycles. The fourth-order valence-electron chi connectivity index (χ4n) is 6.57. The molecule has 11 heteroatoms. The number of pyridine rings is 1. The number of hydrogen-bond donors (Lipinski definition) is 0. The highest BCUT2D eigenvalue weighted by Gasteiger charge is 2.46. The molecule has 5 heterocycles. The number of carbonyl (C=O) groups excluding carboxylic acids is 2. The topological polar surface area (TPSA) is 78.5 Å². The van der Waals surface area contributed by atoms with Gasteiger partial charge in [-0.05, 0) is 38.5 Å². The van der Waals surface area contributed by atoms with Crippen LogP contribution in [0.15, 0.2) is 36.9 Å². The molecule has 4 aliphatic rings. The number of anilines is 1. The maximum absolute atomic E-state index is 15.1. The molecular weight excluding hydrogens is 549 g/mol. The number of ether oxygens (including phenoxy) is 2. The van der Waals surface area contributed by atoms with E-state index in [1.165, 1.54) is 12.1 Å². The molecule has 0 spiro atoms. The van der Waals surface area contributed by atoms with Gasteiger partial charge in [-0.25, -0.2) is 9.37 Å². The number of rotatable bonds is 4. The van der Waals surface area contributed by atoms with Crippen molar-refractivity contribution in [3.63, 3.8) is 0 Å². The van der Waals surface area contributed by atoms with Gasteiger partial charge in [0.05, 0.1) is 24.9 Å². The molecule has 4 aliphatic heterocycles. The Labute approximate surface area is 244 Å². The van der Waals surface area contributed by atoms with E-state index in [2.05, 4.69) is 30.2 Å². The number of fused-ring (bicyclic) bond motifs is 2. The molecule has 3 fully saturated rings. The summed E-state index contributed by atoms with van der Waals surface area (Å²) in [6.07, 6.45) is 2.14. The van der Waals surface area contributed by atoms with E-state index in [9.17, 15) is 9.59 Å². The van der Waals surface area contributed by atoms with Crippen LogP contribution in [0.5, 0.6) is 5.75 Å². The van der Waals surface area contributed by atoms with Crippen LogP contribution < -0.4 is 9.64 Å². The molecule has 1 aromatic carbocycles. The van der Waals surface area contributed by atoms with Crippen molar-refractivity contribution in [2.24, 2.45) is 0 Å². The molecule has 6 rings (SSSR count). The molecule has 2 aromatic rings. The Bertz CT molecular complexity index is 1380. The highest BCUT2D eigenvalue weighted by Crippen LogP contribution is 2.47. The summed E-state index contributed by atoms with van der Waals surface area (Å²) in [7, 11) is 0. The lowest BCUT2D eigenvalue weighted by Gasteiger charge is -2.40. The second-order valence-electron chi connectivity index (χ2n) is 11.7. The van der Waals surface area contributed by atoms with E-state index in [1.807, 2.05) is 0 Å². The first-order valence-corrected chi connectivity index (χ1v) is 14.5. The van der Waals surface area contributed by atoms with Gasteiger partial charge in [-0.2, -0.15) is 0 Å². The van der Waals surface area contributed by atoms with Crippen molar-refractivity contribution in [3.05, 3.63) is 53.3 Å². The maximum atomic E-state index is 15.1. The molecule has 3 saturated heterocycles. The molecule has 0 N–H and O–H groups in total. The second kappa shape index (κ2) is 10.9. The highest BCUT2D eigenvalue weighted by atomic mass is 35.5. The van der Waals surface area contributed by atoms with Crippen LogP contribution in [0.25, 0.3) is 11.3 Å². The highest BCUT2D eigenvalue weighted by molar-refractivity contribution is 6.35. The SMILES string of the molecule is C=CC(=O)N1CCN2C(=O)c3c(N4CC(N5CCOCC5)CC4(C)C)nc(-c4ccccc4F)c(Cl)c3OC[C@H]2C1. The molecule has 218 valence electrons. The van der Waals surface area contributed by atoms with E-state index < -0.39 is 5.82 Å². The second-order valence-corrected chi connectivity index (χ2v) is 12.0. The van der Waals surface area contributed by atoms with Gasteiger partial charge in [-0.15, -0.1) is 0 Å². The van der Waals surface area contributed by atoms with Gasteiger partial charge in [0.15, 0.2) is 5.75 Å². The van der Waals surface area contributed by atoms with Gasteiger partial charge in [-0.3, -0.25) is 14.5 Å². The van der Waals surface area contributed by atoms with Crippen LogP contribution in [0.1, 0.15) is 30.6 Å². The maximum Gasteiger partial charge on any atom is 0.261 e. The molecule has 2 amide bonds. The van der Waals surface area contributed by atoms with E-state index in [-0.39, 0.29) is 63.6 Å². The molecule has 2 atom stereocenters. The van der Waals surface area contributed by atoms with Gasteiger partial charge in [0, 0.05) is 56.4 Å². The molecule has 0 bridgehead atoms. The molecular formula is C30H35ClFN5O4. The Morgan fingerprint density at radius 1 is 1.15 bits per heavy atom. The van der Waals surface area contributed by atoms with Crippen LogP contribution >= 0.6 is 11.6 Å². The monoisotopic (exact) mass is 583 g/mol. The normalized spacial score (nSPS) is 24.4. The molecule has 0 saturated carbocycles. The largest absolute Gasteiger partial charge is 0.489 e. The van der Waals surface area contributed by atoms with Gasteiger partial charge in [0.2, 0.25) is 5.91 Å². The summed E-state index contributed by atoms with van der Waals surface area (Å²) in [4.78, 5) is 39.7. The van der Waals surface area contributed by atoms with Gasteiger partial charge in [-0.1, -0.05) is 30.3 Å². The zero-order chi connectivity index (χ0) is 28.9. The van der Waals surface area contributed by atoms with Crippen molar-refractivity contribution < 1.29 is 23.5 Å². The number of benzene rings is 1. The third kappa shape index (κ3) is 4.96. The zero-order valence-corrected chi connectivity index (χ0v) is 24.2. The van der Waals surface area contributed by atoms with E-state index in [0.717, 1.165) is 19.5 Å². The van der Waals surface area contributed by atoms with Crippen molar-refractivity contribution in [1.82, 2.24) is 19.7 Å². The van der Waals surface area contributed by atoms with Crippen molar-refractivity contribution in [1.29, 1.82) is 0 Å². The summed E-state index contributed by atoms with van der Waals surface area (Å²) in [5, 5.41) is 0.0998. The average Bonchev–Trinajstić information content (AvgIpc) is 3.22. The van der Waals surface area contributed by atoms with Crippen LogP contribution in [0.3, 0.4) is 0 Å². The lowest BCUT2D eigenvalue weighted by Crippen LogP contribution is -2.57. The quantitative estimate of drug-likeness (QED) is 0.510. The third-order valence-corrected chi connectivity index (χ3v) is 9.10. The van der Waals surface area contributed by atoms with Crippen molar-refractivity contribution in [3.8, 4) is 17.0 Å². The van der Waals surface area contributed by atoms with Crippen molar-refractivity contribution >= 4 is 29.2 Å². The van der Waals surface area contributed by atoms with Crippen LogP contribution in [-0.4, -0.2) is 108 Å². The Hall–Kier alpha value is -3.21. The number of halogens is 2. The summed E-state index contributed by atoms with van der Waals surface area (Å²) >= 11 is 6.93. The lowest BCUT2D eigenvalue weighted by molar-refractivity contribution is -0.128. The van der Waals surface area contributed by atoms with Crippen LogP contribution in [0.4, 0.5) is 10.2 Å². The standard InChI is InChI=1S/C30H35ClFN5O4/c1-4-23(38)35-9-10-36-20(16-35)18-41-27-24(29(36)39)28(33-26(25(27)31)21-7-5-6-8-22(21)32)37-17-19(15-30(37,2)3)34-11-13-40-14-12-34/h4-8,19-20H,1,9-18H2,2-3H3/t19?,20-/m1/s1. The van der Waals surface area contributed by atoms with E-state index in [1.54, 1.807) is 28.0 Å². The fraction of sp³-hybridized carbons (Fsp3) is 0.500. The minimum absolute atomic E-state index is 0.0998. The predicted molar refractivity (Wildman–Crippen MR) is 154 cm³/mol. The number of morpholine rings is 1. The van der Waals surface area contributed by atoms with E-state index in [4.69, 9.17) is 26.1 Å². The molecule has 41 heavy (non-hydrogen) atoms. The number of hydrogen-bond acceptors (Lipinski definition) is 7. The zero-order valence-electron chi connectivity index (χ0n) is 23.4. The molecule has 0 radical (unpaired) electrons. The van der Waals surface area contributed by atoms with Gasteiger partial charge < -0.3 is 24.2 Å². The van der Waals surface area contributed by atoms with Gasteiger partial charge >= 0.3 is 0 Å². The van der Waals surface area contributed by atoms with Crippen LogP contribution in [0.2, 0.25) is 5.02 Å². The Balaban J connectivity index is 1.47. The van der Waals surface area contributed by atoms with Gasteiger partial charge in [0.1, 0.15) is 28.8 Å². The number of aromatic nitrogens is 1. The van der Waals surface area contributed by atoms with Crippen LogP contribution in [-0.2, 0) is 9.53 Å². The number of nitrogens with zero attached hydrogens (tertiary/aromatic N) is 5. The number of piperazine rings is 1. The van der Waals surface area contributed by atoms with Crippen LogP contribution in [0, 0.1) is 5.82 Å². The minimum Gasteiger partial charge on any atom is -0.489 e. The number of carbonyl (C=O) groups is 2. The molecule has 1 aromatic heterocycles. The van der Waals surface area contributed by atoms with E-state index >= 15 is 4.39 Å². The average molecular weight is 584 g/mol. The number of amides is 2. The first kappa shape index (κ1) is 27.9. The fourth-order valence-corrected chi connectivity index (χ4v) is 6.87. The third-order valence-electron chi connectivity index (χ3n) is 8.75. The molecule has 1 unspecified atom stereocenters. The first-order chi connectivity index (χ1) is 19.7. The summed E-state index contributed by atoms with van der Waals surface area (Å²) in [5.74, 6) is -0.242. The smallest absolute Gasteiger partial charge is 0.261 e. The van der Waals surface area contributed by atoms with Crippen molar-refractivity contribution in [2.75, 3.05) is 64.0 Å². The van der Waals surface area contributed by atoms with E-state index in [0.29, 0.717) is 45.2 Å². The Kier molecular flexibility index (Phi) is 7.42. The summed E-state index contributed by atoms with van der Waals surface area (Å²) in [5.41, 5.74) is 0.409. The first-order valence-electron chi connectivity index (χ1n) is 14.1. The van der Waals surface area contributed by atoms with Crippen molar-refractivity contribution in [2.45, 2.75) is 37.9 Å². The predicted octanol–water partition coefficient (Wildman–Crippen LogP) is 3.46. The van der Waals surface area contributed by atoms with Gasteiger partial charge in [0.25, 0.3) is 5.91 Å². The summed E-state index contributed by atoms with van der Waals surface area (Å²) in [6, 6.07) is 6.20. The minimum atomic E-state index is -0.462. The molecule has 9 nitrogen and oxygen atoms in total. The lowest BCUT2D eigenvalue weighted by atomic mass is 9.98.